The SMILES string of the molecule is CC(C)CN1CCCn2nc(CNC(=O)c3cnn4ccn(C)c34)cc2C1. The van der Waals surface area contributed by atoms with Crippen LogP contribution in [-0.4, -0.2) is 47.9 Å². The normalized spacial score (nSPS) is 15.3. The van der Waals surface area contributed by atoms with Crippen molar-refractivity contribution < 1.29 is 4.79 Å². The minimum Gasteiger partial charge on any atom is -0.346 e. The van der Waals surface area contributed by atoms with Crippen molar-refractivity contribution in [1.82, 2.24) is 34.2 Å². The molecule has 1 aliphatic rings. The standard InChI is InChI=1S/C19H27N7O/c1-14(2)12-24-5-4-6-25-16(13-24)9-15(22-25)10-20-18(27)17-11-21-26-8-7-23(3)19(17)26/h7-9,11,14H,4-6,10,12-13H2,1-3H3,(H,20,27). The van der Waals surface area contributed by atoms with Crippen molar-refractivity contribution >= 4 is 11.6 Å². The largest absolute Gasteiger partial charge is 0.346 e. The van der Waals surface area contributed by atoms with E-state index in [0.717, 1.165) is 43.9 Å². The number of hydrogen-bond acceptors (Lipinski definition) is 4. The molecular formula is C19H27N7O. The van der Waals surface area contributed by atoms with E-state index in [2.05, 4.69) is 39.9 Å². The Hall–Kier alpha value is -2.61. The van der Waals surface area contributed by atoms with Crippen LogP contribution in [0.5, 0.6) is 0 Å². The topological polar surface area (TPSA) is 72.4 Å². The summed E-state index contributed by atoms with van der Waals surface area (Å²) in [6.45, 7) is 9.00. The van der Waals surface area contributed by atoms with Crippen molar-refractivity contribution in [3.63, 3.8) is 0 Å². The number of amides is 1. The molecule has 4 heterocycles. The summed E-state index contributed by atoms with van der Waals surface area (Å²) < 4.78 is 5.69. The lowest BCUT2D eigenvalue weighted by Crippen LogP contribution is -2.27. The van der Waals surface area contributed by atoms with Crippen LogP contribution in [-0.2, 0) is 26.7 Å². The van der Waals surface area contributed by atoms with E-state index in [4.69, 9.17) is 5.10 Å². The van der Waals surface area contributed by atoms with Gasteiger partial charge in [-0.05, 0) is 18.4 Å². The van der Waals surface area contributed by atoms with Crippen molar-refractivity contribution in [3.05, 3.63) is 41.6 Å². The lowest BCUT2D eigenvalue weighted by Gasteiger charge is -2.21. The van der Waals surface area contributed by atoms with Gasteiger partial charge < -0.3 is 9.88 Å². The minimum atomic E-state index is -0.128. The molecule has 0 spiro atoms. The lowest BCUT2D eigenvalue weighted by molar-refractivity contribution is 0.0951. The average Bonchev–Trinajstić information content (AvgIpc) is 3.27. The molecule has 1 aliphatic heterocycles. The van der Waals surface area contributed by atoms with Gasteiger partial charge in [-0.25, -0.2) is 4.52 Å². The van der Waals surface area contributed by atoms with Crippen molar-refractivity contribution in [2.75, 3.05) is 13.1 Å². The summed E-state index contributed by atoms with van der Waals surface area (Å²) in [5, 5.41) is 11.9. The Labute approximate surface area is 158 Å². The highest BCUT2D eigenvalue weighted by Gasteiger charge is 2.19. The predicted molar refractivity (Wildman–Crippen MR) is 102 cm³/mol. The molecule has 1 amide bonds. The van der Waals surface area contributed by atoms with Gasteiger partial charge in [0.25, 0.3) is 5.91 Å². The maximum atomic E-state index is 12.6. The monoisotopic (exact) mass is 369 g/mol. The summed E-state index contributed by atoms with van der Waals surface area (Å²) in [5.74, 6) is 0.528. The molecule has 3 aromatic heterocycles. The van der Waals surface area contributed by atoms with E-state index in [1.165, 1.54) is 5.69 Å². The van der Waals surface area contributed by atoms with Gasteiger partial charge in [0, 0.05) is 45.6 Å². The molecule has 8 heteroatoms. The maximum absolute atomic E-state index is 12.6. The van der Waals surface area contributed by atoms with Crippen LogP contribution < -0.4 is 5.32 Å². The third kappa shape index (κ3) is 3.62. The van der Waals surface area contributed by atoms with Gasteiger partial charge in [-0.3, -0.25) is 14.4 Å². The molecule has 27 heavy (non-hydrogen) atoms. The number of carbonyl (C=O) groups is 1. The molecule has 0 aromatic carbocycles. The second kappa shape index (κ2) is 7.19. The summed E-state index contributed by atoms with van der Waals surface area (Å²) in [6.07, 6.45) is 6.43. The highest BCUT2D eigenvalue weighted by atomic mass is 16.1. The second-order valence-electron chi connectivity index (χ2n) is 7.75. The smallest absolute Gasteiger partial charge is 0.257 e. The predicted octanol–water partition coefficient (Wildman–Crippen LogP) is 1.66. The first-order valence-corrected chi connectivity index (χ1v) is 9.56. The first-order chi connectivity index (χ1) is 13.0. The summed E-state index contributed by atoms with van der Waals surface area (Å²) in [5.41, 5.74) is 3.50. The number of carbonyl (C=O) groups excluding carboxylic acids is 1. The number of nitrogens with zero attached hydrogens (tertiary/aromatic N) is 6. The molecule has 3 aromatic rings. The summed E-state index contributed by atoms with van der Waals surface area (Å²) >= 11 is 0. The Balaban J connectivity index is 1.43. The molecule has 0 radical (unpaired) electrons. The zero-order valence-corrected chi connectivity index (χ0v) is 16.2. The van der Waals surface area contributed by atoms with E-state index in [1.54, 1.807) is 10.7 Å². The maximum Gasteiger partial charge on any atom is 0.257 e. The van der Waals surface area contributed by atoms with Crippen molar-refractivity contribution in [3.8, 4) is 0 Å². The molecule has 0 atom stereocenters. The third-order valence-electron chi connectivity index (χ3n) is 4.98. The highest BCUT2D eigenvalue weighted by molar-refractivity contribution is 5.99. The lowest BCUT2D eigenvalue weighted by atomic mass is 10.2. The molecule has 4 rings (SSSR count). The molecule has 1 N–H and O–H groups in total. The number of aromatic nitrogens is 5. The first-order valence-electron chi connectivity index (χ1n) is 9.56. The van der Waals surface area contributed by atoms with Crippen LogP contribution in [0.25, 0.3) is 5.65 Å². The van der Waals surface area contributed by atoms with Gasteiger partial charge in [0.1, 0.15) is 11.2 Å². The summed E-state index contributed by atoms with van der Waals surface area (Å²) in [6, 6.07) is 2.12. The fourth-order valence-electron chi connectivity index (χ4n) is 3.82. The quantitative estimate of drug-likeness (QED) is 0.742. The van der Waals surface area contributed by atoms with Gasteiger partial charge in [0.15, 0.2) is 0 Å². The van der Waals surface area contributed by atoms with E-state index < -0.39 is 0 Å². The van der Waals surface area contributed by atoms with Crippen LogP contribution in [0.1, 0.15) is 42.0 Å². The van der Waals surface area contributed by atoms with E-state index in [0.29, 0.717) is 18.0 Å². The minimum absolute atomic E-state index is 0.128. The van der Waals surface area contributed by atoms with Crippen LogP contribution in [0.2, 0.25) is 0 Å². The van der Waals surface area contributed by atoms with E-state index in [-0.39, 0.29) is 5.91 Å². The zero-order chi connectivity index (χ0) is 19.0. The van der Waals surface area contributed by atoms with Gasteiger partial charge in [0.05, 0.1) is 24.1 Å². The van der Waals surface area contributed by atoms with Crippen LogP contribution in [0, 0.1) is 5.92 Å². The number of imidazole rings is 1. The van der Waals surface area contributed by atoms with Crippen LogP contribution in [0.3, 0.4) is 0 Å². The number of hydrogen-bond donors (Lipinski definition) is 1. The summed E-state index contributed by atoms with van der Waals surface area (Å²) in [7, 11) is 1.91. The fourth-order valence-corrected chi connectivity index (χ4v) is 3.82. The highest BCUT2D eigenvalue weighted by Crippen LogP contribution is 2.16. The fraction of sp³-hybridized carbons (Fsp3) is 0.526. The molecule has 0 saturated carbocycles. The Kier molecular flexibility index (Phi) is 4.73. The summed E-state index contributed by atoms with van der Waals surface area (Å²) in [4.78, 5) is 15.1. The Morgan fingerprint density at radius 2 is 2.15 bits per heavy atom. The number of fused-ring (bicyclic) bond motifs is 2. The molecule has 0 bridgehead atoms. The Morgan fingerprint density at radius 1 is 1.30 bits per heavy atom. The average molecular weight is 369 g/mol. The van der Waals surface area contributed by atoms with Gasteiger partial charge in [-0.1, -0.05) is 13.8 Å². The van der Waals surface area contributed by atoms with Crippen molar-refractivity contribution in [2.24, 2.45) is 13.0 Å². The number of aryl methyl sites for hydroxylation is 2. The molecule has 0 aliphatic carbocycles. The van der Waals surface area contributed by atoms with E-state index in [9.17, 15) is 4.79 Å². The molecule has 0 unspecified atom stereocenters. The van der Waals surface area contributed by atoms with Crippen molar-refractivity contribution in [2.45, 2.75) is 39.9 Å². The Bertz CT molecular complexity index is 949. The van der Waals surface area contributed by atoms with Gasteiger partial charge in [-0.2, -0.15) is 10.2 Å². The third-order valence-corrected chi connectivity index (χ3v) is 4.98. The first kappa shape index (κ1) is 17.8. The van der Waals surface area contributed by atoms with E-state index >= 15 is 0 Å². The number of rotatable bonds is 5. The molecular weight excluding hydrogens is 342 g/mol. The number of nitrogens with one attached hydrogen (secondary N) is 1. The zero-order valence-electron chi connectivity index (χ0n) is 16.2. The van der Waals surface area contributed by atoms with Gasteiger partial charge >= 0.3 is 0 Å². The molecule has 0 saturated heterocycles. The molecule has 0 fully saturated rings. The van der Waals surface area contributed by atoms with E-state index in [1.807, 2.05) is 24.0 Å². The second-order valence-corrected chi connectivity index (χ2v) is 7.75. The van der Waals surface area contributed by atoms with Crippen molar-refractivity contribution in [1.29, 1.82) is 0 Å². The van der Waals surface area contributed by atoms with Crippen LogP contribution in [0.15, 0.2) is 24.7 Å². The Morgan fingerprint density at radius 3 is 2.96 bits per heavy atom. The van der Waals surface area contributed by atoms with Gasteiger partial charge in [-0.15, -0.1) is 0 Å². The van der Waals surface area contributed by atoms with Crippen LogP contribution >= 0.6 is 0 Å². The molecule has 144 valence electrons. The van der Waals surface area contributed by atoms with Crippen LogP contribution in [0.4, 0.5) is 0 Å². The van der Waals surface area contributed by atoms with Gasteiger partial charge in [0.2, 0.25) is 0 Å². The molecule has 8 nitrogen and oxygen atoms in total.